The number of benzene rings is 2. The number of anilines is 1. The van der Waals surface area contributed by atoms with Gasteiger partial charge in [0.2, 0.25) is 0 Å². The number of hydrogen-bond acceptors (Lipinski definition) is 1. The van der Waals surface area contributed by atoms with E-state index >= 15 is 0 Å². The summed E-state index contributed by atoms with van der Waals surface area (Å²) in [5.74, 6) is -3.09. The van der Waals surface area contributed by atoms with Crippen LogP contribution in [-0.4, -0.2) is 0 Å². The Bertz CT molecular complexity index is 584. The second kappa shape index (κ2) is 5.65. The lowest BCUT2D eigenvalue weighted by Gasteiger charge is -2.16. The Balaban J connectivity index is 2.21. The van der Waals surface area contributed by atoms with E-state index in [0.717, 1.165) is 16.1 Å². The second-order valence-corrected chi connectivity index (χ2v) is 5.08. The van der Waals surface area contributed by atoms with Gasteiger partial charge in [0.15, 0.2) is 11.6 Å². The van der Waals surface area contributed by atoms with Crippen molar-refractivity contribution in [3.63, 3.8) is 0 Å². The SMILES string of the molecule is CC(Nc1cc(F)c(F)cc1F)c1ccc(Br)cc1. The Morgan fingerprint density at radius 2 is 1.53 bits per heavy atom. The van der Waals surface area contributed by atoms with Gasteiger partial charge in [-0.1, -0.05) is 28.1 Å². The summed E-state index contributed by atoms with van der Waals surface area (Å²) < 4.78 is 40.3. The largest absolute Gasteiger partial charge is 0.376 e. The highest BCUT2D eigenvalue weighted by atomic mass is 79.9. The molecule has 2 aromatic rings. The highest BCUT2D eigenvalue weighted by Crippen LogP contribution is 2.24. The molecule has 0 aliphatic rings. The van der Waals surface area contributed by atoms with Crippen molar-refractivity contribution in [3.05, 3.63) is 63.9 Å². The molecule has 0 amide bonds. The van der Waals surface area contributed by atoms with Gasteiger partial charge in [-0.2, -0.15) is 0 Å². The molecule has 0 bridgehead atoms. The molecule has 0 saturated heterocycles. The minimum atomic E-state index is -1.20. The number of nitrogens with one attached hydrogen (secondary N) is 1. The van der Waals surface area contributed by atoms with E-state index < -0.39 is 17.5 Å². The van der Waals surface area contributed by atoms with E-state index in [2.05, 4.69) is 21.2 Å². The molecular formula is C14H11BrF3N. The molecule has 100 valence electrons. The van der Waals surface area contributed by atoms with Crippen molar-refractivity contribution < 1.29 is 13.2 Å². The summed E-state index contributed by atoms with van der Waals surface area (Å²) in [6.45, 7) is 1.81. The van der Waals surface area contributed by atoms with Crippen LogP contribution in [0.25, 0.3) is 0 Å². The minimum absolute atomic E-state index is 0.0608. The molecule has 19 heavy (non-hydrogen) atoms. The molecule has 0 aromatic heterocycles. The molecule has 1 nitrogen and oxygen atoms in total. The highest BCUT2D eigenvalue weighted by Gasteiger charge is 2.12. The molecule has 2 aromatic carbocycles. The van der Waals surface area contributed by atoms with Gasteiger partial charge in [0.1, 0.15) is 5.82 Å². The van der Waals surface area contributed by atoms with Crippen LogP contribution in [0.4, 0.5) is 18.9 Å². The molecular weight excluding hydrogens is 319 g/mol. The zero-order valence-corrected chi connectivity index (χ0v) is 11.6. The van der Waals surface area contributed by atoms with Crippen LogP contribution < -0.4 is 5.32 Å². The summed E-state index contributed by atoms with van der Waals surface area (Å²) in [6.07, 6.45) is 0. The number of rotatable bonds is 3. The van der Waals surface area contributed by atoms with E-state index in [1.807, 2.05) is 31.2 Å². The van der Waals surface area contributed by atoms with Gasteiger partial charge in [0.25, 0.3) is 0 Å². The summed E-state index contributed by atoms with van der Waals surface area (Å²) in [4.78, 5) is 0. The van der Waals surface area contributed by atoms with E-state index in [9.17, 15) is 13.2 Å². The summed E-state index contributed by atoms with van der Waals surface area (Å²) in [6, 6.07) is 8.56. The Kier molecular flexibility index (Phi) is 4.14. The molecule has 2 rings (SSSR count). The van der Waals surface area contributed by atoms with Crippen LogP contribution in [0.1, 0.15) is 18.5 Å². The van der Waals surface area contributed by atoms with E-state index in [4.69, 9.17) is 0 Å². The van der Waals surface area contributed by atoms with Crippen molar-refractivity contribution in [2.75, 3.05) is 5.32 Å². The predicted molar refractivity (Wildman–Crippen MR) is 72.5 cm³/mol. The van der Waals surface area contributed by atoms with Gasteiger partial charge in [0.05, 0.1) is 5.69 Å². The molecule has 1 unspecified atom stereocenters. The molecule has 0 spiro atoms. The van der Waals surface area contributed by atoms with Crippen LogP contribution in [0.2, 0.25) is 0 Å². The maximum absolute atomic E-state index is 13.5. The fraction of sp³-hybridized carbons (Fsp3) is 0.143. The first kappa shape index (κ1) is 13.9. The Morgan fingerprint density at radius 1 is 0.947 bits per heavy atom. The lowest BCUT2D eigenvalue weighted by molar-refractivity contribution is 0.495. The van der Waals surface area contributed by atoms with Crippen molar-refractivity contribution in [2.24, 2.45) is 0 Å². The average molecular weight is 330 g/mol. The molecule has 0 aliphatic heterocycles. The quantitative estimate of drug-likeness (QED) is 0.778. The maximum Gasteiger partial charge on any atom is 0.161 e. The van der Waals surface area contributed by atoms with Crippen molar-refractivity contribution in [2.45, 2.75) is 13.0 Å². The number of halogens is 4. The first-order chi connectivity index (χ1) is 8.97. The zero-order chi connectivity index (χ0) is 14.0. The van der Waals surface area contributed by atoms with Crippen LogP contribution in [0.5, 0.6) is 0 Å². The fourth-order valence-electron chi connectivity index (χ4n) is 1.70. The lowest BCUT2D eigenvalue weighted by atomic mass is 10.1. The summed E-state index contributed by atoms with van der Waals surface area (Å²) in [5, 5.41) is 2.82. The third kappa shape index (κ3) is 3.29. The van der Waals surface area contributed by atoms with Gasteiger partial charge in [-0.25, -0.2) is 13.2 Å². The van der Waals surface area contributed by atoms with Crippen LogP contribution in [0.3, 0.4) is 0 Å². The van der Waals surface area contributed by atoms with E-state index in [1.54, 1.807) is 0 Å². The van der Waals surface area contributed by atoms with E-state index in [1.165, 1.54) is 0 Å². The minimum Gasteiger partial charge on any atom is -0.376 e. The summed E-state index contributed by atoms with van der Waals surface area (Å²) in [7, 11) is 0. The lowest BCUT2D eigenvalue weighted by Crippen LogP contribution is -2.08. The Morgan fingerprint density at radius 3 is 2.16 bits per heavy atom. The molecule has 0 radical (unpaired) electrons. The van der Waals surface area contributed by atoms with Crippen LogP contribution in [0, 0.1) is 17.5 Å². The average Bonchev–Trinajstić information content (AvgIpc) is 2.36. The molecule has 0 saturated carbocycles. The second-order valence-electron chi connectivity index (χ2n) is 4.16. The first-order valence-electron chi connectivity index (χ1n) is 5.64. The highest BCUT2D eigenvalue weighted by molar-refractivity contribution is 9.10. The topological polar surface area (TPSA) is 12.0 Å². The van der Waals surface area contributed by atoms with Gasteiger partial charge in [-0.15, -0.1) is 0 Å². The third-order valence-corrected chi connectivity index (χ3v) is 3.28. The zero-order valence-electron chi connectivity index (χ0n) is 10.1. The third-order valence-electron chi connectivity index (χ3n) is 2.75. The van der Waals surface area contributed by atoms with Gasteiger partial charge < -0.3 is 5.32 Å². The number of hydrogen-bond donors (Lipinski definition) is 1. The van der Waals surface area contributed by atoms with Crippen molar-refractivity contribution >= 4 is 21.6 Å². The summed E-state index contributed by atoms with van der Waals surface area (Å²) in [5.41, 5.74) is 0.849. The molecule has 0 heterocycles. The van der Waals surface area contributed by atoms with Crippen molar-refractivity contribution in [1.82, 2.24) is 0 Å². The Labute approximate surface area is 117 Å². The fourth-order valence-corrected chi connectivity index (χ4v) is 1.97. The molecule has 1 N–H and O–H groups in total. The van der Waals surface area contributed by atoms with Crippen molar-refractivity contribution in [1.29, 1.82) is 0 Å². The summed E-state index contributed by atoms with van der Waals surface area (Å²) >= 11 is 3.32. The van der Waals surface area contributed by atoms with E-state index in [0.29, 0.717) is 6.07 Å². The van der Waals surface area contributed by atoms with Crippen molar-refractivity contribution in [3.8, 4) is 0 Å². The van der Waals surface area contributed by atoms with Gasteiger partial charge in [-0.05, 0) is 24.6 Å². The van der Waals surface area contributed by atoms with Crippen LogP contribution in [-0.2, 0) is 0 Å². The Hall–Kier alpha value is -1.49. The standard InChI is InChI=1S/C14H11BrF3N/c1-8(9-2-4-10(15)5-3-9)19-14-7-12(17)11(16)6-13(14)18/h2-8,19H,1H3. The molecule has 0 aliphatic carbocycles. The molecule has 5 heteroatoms. The predicted octanol–water partition coefficient (Wildman–Crippen LogP) is 5.04. The van der Waals surface area contributed by atoms with E-state index in [-0.39, 0.29) is 11.7 Å². The van der Waals surface area contributed by atoms with Crippen LogP contribution in [0.15, 0.2) is 40.9 Å². The smallest absolute Gasteiger partial charge is 0.161 e. The normalized spacial score (nSPS) is 12.3. The molecule has 0 fully saturated rings. The van der Waals surface area contributed by atoms with Gasteiger partial charge >= 0.3 is 0 Å². The maximum atomic E-state index is 13.5. The van der Waals surface area contributed by atoms with Gasteiger partial charge in [-0.3, -0.25) is 0 Å². The first-order valence-corrected chi connectivity index (χ1v) is 6.43. The molecule has 1 atom stereocenters. The van der Waals surface area contributed by atoms with Crippen LogP contribution >= 0.6 is 15.9 Å². The monoisotopic (exact) mass is 329 g/mol. The van der Waals surface area contributed by atoms with Gasteiger partial charge in [0, 0.05) is 22.6 Å².